The maximum Gasteiger partial charge on any atom is 0.419 e. The molecule has 0 saturated heterocycles. The van der Waals surface area contributed by atoms with E-state index in [0.29, 0.717) is 5.65 Å². The molecule has 2 aromatic rings. The summed E-state index contributed by atoms with van der Waals surface area (Å²) in [6.07, 6.45) is 1.17. The number of fused-ring (bicyclic) bond motifs is 1. The quantitative estimate of drug-likeness (QED) is 0.613. The number of rotatable bonds is 0. The van der Waals surface area contributed by atoms with Crippen molar-refractivity contribution in [3.63, 3.8) is 0 Å². The fourth-order valence-electron chi connectivity index (χ4n) is 0.924. The molecule has 0 fully saturated rings. The van der Waals surface area contributed by atoms with Crippen molar-refractivity contribution < 1.29 is 9.53 Å². The number of aromatic nitrogens is 3. The Hall–Kier alpha value is -1.43. The SMILES string of the molecule is COC(=O)n1ccc2snnc21. The first-order chi connectivity index (χ1) is 5.83. The van der Waals surface area contributed by atoms with Gasteiger partial charge in [0, 0.05) is 6.20 Å². The first kappa shape index (κ1) is 7.23. The normalized spacial score (nSPS) is 10.4. The Morgan fingerprint density at radius 3 is 3.33 bits per heavy atom. The van der Waals surface area contributed by atoms with Crippen LogP contribution in [0.2, 0.25) is 0 Å². The summed E-state index contributed by atoms with van der Waals surface area (Å²) in [5.74, 6) is 0. The minimum atomic E-state index is -0.447. The van der Waals surface area contributed by atoms with Crippen LogP contribution in [-0.2, 0) is 4.74 Å². The van der Waals surface area contributed by atoms with Crippen molar-refractivity contribution in [2.24, 2.45) is 0 Å². The van der Waals surface area contributed by atoms with Gasteiger partial charge >= 0.3 is 6.09 Å². The molecule has 6 heteroatoms. The van der Waals surface area contributed by atoms with E-state index in [-0.39, 0.29) is 0 Å². The van der Waals surface area contributed by atoms with Crippen LogP contribution in [0.1, 0.15) is 0 Å². The standard InChI is InChI=1S/C6H5N3O2S/c1-11-6(10)9-3-2-4-5(9)7-8-12-4/h2-3H,1H3. The number of ether oxygens (including phenoxy) is 1. The molecule has 0 saturated carbocycles. The van der Waals surface area contributed by atoms with E-state index in [1.807, 2.05) is 0 Å². The molecule has 62 valence electrons. The topological polar surface area (TPSA) is 57.0 Å². The summed E-state index contributed by atoms with van der Waals surface area (Å²) in [6.45, 7) is 0. The summed E-state index contributed by atoms with van der Waals surface area (Å²) < 4.78 is 10.4. The van der Waals surface area contributed by atoms with E-state index in [0.717, 1.165) is 4.70 Å². The van der Waals surface area contributed by atoms with Gasteiger partial charge in [0.05, 0.1) is 11.8 Å². The van der Waals surface area contributed by atoms with Gasteiger partial charge in [-0.25, -0.2) is 9.36 Å². The molecular weight excluding hydrogens is 178 g/mol. The van der Waals surface area contributed by atoms with Gasteiger partial charge in [-0.2, -0.15) is 0 Å². The van der Waals surface area contributed by atoms with Crippen LogP contribution in [0.25, 0.3) is 10.3 Å². The third-order valence-electron chi connectivity index (χ3n) is 1.47. The van der Waals surface area contributed by atoms with Gasteiger partial charge in [0.1, 0.15) is 0 Å². The average molecular weight is 183 g/mol. The number of carbonyl (C=O) groups excluding carboxylic acids is 1. The van der Waals surface area contributed by atoms with Crippen LogP contribution in [0, 0.1) is 0 Å². The lowest BCUT2D eigenvalue weighted by Crippen LogP contribution is -2.09. The largest absolute Gasteiger partial charge is 0.452 e. The van der Waals surface area contributed by atoms with Crippen molar-refractivity contribution in [1.82, 2.24) is 14.2 Å². The van der Waals surface area contributed by atoms with E-state index >= 15 is 0 Å². The zero-order chi connectivity index (χ0) is 8.55. The Balaban J connectivity index is 2.61. The minimum absolute atomic E-state index is 0.447. The van der Waals surface area contributed by atoms with Gasteiger partial charge < -0.3 is 4.74 Å². The summed E-state index contributed by atoms with van der Waals surface area (Å²) >= 11 is 1.25. The Morgan fingerprint density at radius 2 is 2.58 bits per heavy atom. The Labute approximate surface area is 71.7 Å². The predicted molar refractivity (Wildman–Crippen MR) is 43.2 cm³/mol. The van der Waals surface area contributed by atoms with E-state index in [1.165, 1.54) is 23.2 Å². The number of methoxy groups -OCH3 is 1. The van der Waals surface area contributed by atoms with Gasteiger partial charge in [-0.3, -0.25) is 0 Å². The first-order valence-corrected chi connectivity index (χ1v) is 3.98. The lowest BCUT2D eigenvalue weighted by Gasteiger charge is -1.96. The summed E-state index contributed by atoms with van der Waals surface area (Å²) in [7, 11) is 1.33. The molecule has 2 heterocycles. The molecule has 2 aromatic heterocycles. The number of carbonyl (C=O) groups is 1. The number of hydrogen-bond donors (Lipinski definition) is 0. The molecule has 0 aliphatic rings. The van der Waals surface area contributed by atoms with Crippen molar-refractivity contribution in [1.29, 1.82) is 0 Å². The molecule has 0 unspecified atom stereocenters. The number of nitrogens with zero attached hydrogens (tertiary/aromatic N) is 3. The van der Waals surface area contributed by atoms with Gasteiger partial charge in [-0.15, -0.1) is 5.10 Å². The third-order valence-corrected chi connectivity index (χ3v) is 2.15. The Bertz CT molecular complexity index is 419. The van der Waals surface area contributed by atoms with Gasteiger partial charge in [0.2, 0.25) is 0 Å². The van der Waals surface area contributed by atoms with Gasteiger partial charge in [-0.1, -0.05) is 4.49 Å². The molecule has 0 spiro atoms. The molecule has 0 N–H and O–H groups in total. The fraction of sp³-hybridized carbons (Fsp3) is 0.167. The second-order valence-corrected chi connectivity index (χ2v) is 2.90. The van der Waals surface area contributed by atoms with Crippen LogP contribution in [0.15, 0.2) is 12.3 Å². The van der Waals surface area contributed by atoms with Crippen molar-refractivity contribution in [3.8, 4) is 0 Å². The van der Waals surface area contributed by atoms with Crippen molar-refractivity contribution in [2.45, 2.75) is 0 Å². The maximum atomic E-state index is 11.1. The summed E-state index contributed by atoms with van der Waals surface area (Å²) in [6, 6.07) is 1.77. The van der Waals surface area contributed by atoms with E-state index in [2.05, 4.69) is 14.3 Å². The molecule has 0 aliphatic heterocycles. The third kappa shape index (κ3) is 0.884. The van der Waals surface area contributed by atoms with Gasteiger partial charge in [-0.05, 0) is 17.6 Å². The molecular formula is C6H5N3O2S. The van der Waals surface area contributed by atoms with Crippen LogP contribution in [0.3, 0.4) is 0 Å². The van der Waals surface area contributed by atoms with Crippen molar-refractivity contribution >= 4 is 28.0 Å². The maximum absolute atomic E-state index is 11.1. The summed E-state index contributed by atoms with van der Waals surface area (Å²) in [5.41, 5.74) is 0.548. The van der Waals surface area contributed by atoms with E-state index in [9.17, 15) is 4.79 Å². The smallest absolute Gasteiger partial charge is 0.419 e. The first-order valence-electron chi connectivity index (χ1n) is 3.20. The molecule has 0 aromatic carbocycles. The molecule has 2 rings (SSSR count). The van der Waals surface area contributed by atoms with Crippen molar-refractivity contribution in [2.75, 3.05) is 7.11 Å². The van der Waals surface area contributed by atoms with E-state index in [4.69, 9.17) is 0 Å². The molecule has 0 bridgehead atoms. The van der Waals surface area contributed by atoms with Crippen LogP contribution in [-0.4, -0.2) is 27.4 Å². The van der Waals surface area contributed by atoms with Crippen LogP contribution in [0.5, 0.6) is 0 Å². The second-order valence-electron chi connectivity index (χ2n) is 2.12. The van der Waals surface area contributed by atoms with Crippen LogP contribution < -0.4 is 0 Å². The zero-order valence-corrected chi connectivity index (χ0v) is 7.04. The van der Waals surface area contributed by atoms with E-state index < -0.39 is 6.09 Å². The fourth-order valence-corrected chi connectivity index (χ4v) is 1.47. The Kier molecular flexibility index (Phi) is 1.54. The monoisotopic (exact) mass is 183 g/mol. The van der Waals surface area contributed by atoms with Crippen molar-refractivity contribution in [3.05, 3.63) is 12.3 Å². The van der Waals surface area contributed by atoms with Crippen LogP contribution in [0.4, 0.5) is 4.79 Å². The Morgan fingerprint density at radius 1 is 1.75 bits per heavy atom. The number of hydrogen-bond acceptors (Lipinski definition) is 5. The predicted octanol–water partition coefficient (Wildman–Crippen LogP) is 1.11. The lowest BCUT2D eigenvalue weighted by molar-refractivity contribution is 0.174. The molecule has 0 atom stereocenters. The zero-order valence-electron chi connectivity index (χ0n) is 6.22. The van der Waals surface area contributed by atoms with Gasteiger partial charge in [0.15, 0.2) is 5.65 Å². The summed E-state index contributed by atoms with van der Waals surface area (Å²) in [4.78, 5) is 11.1. The molecule has 0 amide bonds. The van der Waals surface area contributed by atoms with Crippen LogP contribution >= 0.6 is 11.5 Å². The average Bonchev–Trinajstić information content (AvgIpc) is 2.62. The highest BCUT2D eigenvalue weighted by molar-refractivity contribution is 7.12. The highest BCUT2D eigenvalue weighted by Crippen LogP contribution is 2.15. The molecule has 0 aliphatic carbocycles. The minimum Gasteiger partial charge on any atom is -0.452 e. The second kappa shape index (κ2) is 2.56. The molecule has 12 heavy (non-hydrogen) atoms. The lowest BCUT2D eigenvalue weighted by atomic mass is 10.6. The molecule has 0 radical (unpaired) electrons. The highest BCUT2D eigenvalue weighted by atomic mass is 32.1. The molecule has 5 nitrogen and oxygen atoms in total. The highest BCUT2D eigenvalue weighted by Gasteiger charge is 2.10. The van der Waals surface area contributed by atoms with E-state index in [1.54, 1.807) is 12.3 Å². The van der Waals surface area contributed by atoms with Gasteiger partial charge in [0.25, 0.3) is 0 Å². The summed E-state index contributed by atoms with van der Waals surface area (Å²) in [5, 5.41) is 3.78.